The van der Waals surface area contributed by atoms with E-state index in [1.54, 1.807) is 10.8 Å². The molecular formula is C19H16N4. The molecule has 0 N–H and O–H groups in total. The van der Waals surface area contributed by atoms with Crippen LogP contribution in [0, 0.1) is 11.3 Å². The number of aromatic nitrogens is 3. The van der Waals surface area contributed by atoms with E-state index in [2.05, 4.69) is 47.2 Å². The summed E-state index contributed by atoms with van der Waals surface area (Å²) in [6.07, 6.45) is 1.76. The molecule has 4 nitrogen and oxygen atoms in total. The van der Waals surface area contributed by atoms with Gasteiger partial charge in [0, 0.05) is 0 Å². The summed E-state index contributed by atoms with van der Waals surface area (Å²) in [6, 6.07) is 22.4. The molecule has 0 bridgehead atoms. The van der Waals surface area contributed by atoms with Crippen LogP contribution in [-0.4, -0.2) is 15.0 Å². The van der Waals surface area contributed by atoms with E-state index in [9.17, 15) is 5.26 Å². The normalized spacial score (nSPS) is 10.4. The Morgan fingerprint density at radius 1 is 1.04 bits per heavy atom. The van der Waals surface area contributed by atoms with Crippen LogP contribution in [0.4, 0.5) is 0 Å². The van der Waals surface area contributed by atoms with Crippen molar-refractivity contribution >= 4 is 0 Å². The average molecular weight is 300 g/mol. The van der Waals surface area contributed by atoms with Gasteiger partial charge in [-0.3, -0.25) is 0 Å². The summed E-state index contributed by atoms with van der Waals surface area (Å²) in [6.45, 7) is 4.28. The SMILES string of the molecule is C=CCn1nnc(C#N)c1C(c1ccccc1)c1ccccc1. The highest BCUT2D eigenvalue weighted by atomic mass is 15.4. The smallest absolute Gasteiger partial charge is 0.186 e. The second-order valence-electron chi connectivity index (χ2n) is 5.16. The highest BCUT2D eigenvalue weighted by Crippen LogP contribution is 2.32. The van der Waals surface area contributed by atoms with Gasteiger partial charge in [0.05, 0.1) is 18.2 Å². The van der Waals surface area contributed by atoms with Gasteiger partial charge in [-0.25, -0.2) is 4.68 Å². The Bertz CT molecular complexity index is 789. The standard InChI is InChI=1S/C19H16N4/c1-2-13-23-19(17(14-20)21-22-23)18(15-9-5-3-6-10-15)16-11-7-4-8-12-16/h2-12,18H,1,13H2. The van der Waals surface area contributed by atoms with Gasteiger partial charge in [-0.2, -0.15) is 5.26 Å². The van der Waals surface area contributed by atoms with Crippen LogP contribution in [0.5, 0.6) is 0 Å². The first-order valence-corrected chi connectivity index (χ1v) is 7.39. The second kappa shape index (κ2) is 6.71. The Morgan fingerprint density at radius 2 is 1.61 bits per heavy atom. The lowest BCUT2D eigenvalue weighted by Gasteiger charge is -2.19. The maximum atomic E-state index is 9.45. The van der Waals surface area contributed by atoms with Gasteiger partial charge < -0.3 is 0 Å². The number of hydrogen-bond acceptors (Lipinski definition) is 3. The maximum absolute atomic E-state index is 9.45. The summed E-state index contributed by atoms with van der Waals surface area (Å²) in [5.74, 6) is -0.0954. The summed E-state index contributed by atoms with van der Waals surface area (Å²) in [4.78, 5) is 0. The zero-order valence-corrected chi connectivity index (χ0v) is 12.6. The summed E-state index contributed by atoms with van der Waals surface area (Å²) in [5.41, 5.74) is 3.35. The van der Waals surface area contributed by atoms with Crippen LogP contribution >= 0.6 is 0 Å². The molecule has 3 rings (SSSR count). The van der Waals surface area contributed by atoms with Gasteiger partial charge in [-0.05, 0) is 11.1 Å². The van der Waals surface area contributed by atoms with E-state index < -0.39 is 0 Å². The Hall–Kier alpha value is -3.19. The monoisotopic (exact) mass is 300 g/mol. The number of allylic oxidation sites excluding steroid dienone is 1. The van der Waals surface area contributed by atoms with Crippen molar-refractivity contribution < 1.29 is 0 Å². The highest BCUT2D eigenvalue weighted by molar-refractivity contribution is 5.44. The minimum atomic E-state index is -0.0954. The minimum absolute atomic E-state index is 0.0954. The topological polar surface area (TPSA) is 54.5 Å². The van der Waals surface area contributed by atoms with Crippen molar-refractivity contribution in [1.29, 1.82) is 5.26 Å². The third-order valence-corrected chi connectivity index (χ3v) is 3.72. The van der Waals surface area contributed by atoms with Crippen LogP contribution in [0.25, 0.3) is 0 Å². The lowest BCUT2D eigenvalue weighted by Crippen LogP contribution is -2.12. The lowest BCUT2D eigenvalue weighted by molar-refractivity contribution is 0.623. The van der Waals surface area contributed by atoms with Crippen LogP contribution in [0.2, 0.25) is 0 Å². The number of benzene rings is 2. The summed E-state index contributed by atoms with van der Waals surface area (Å²) >= 11 is 0. The number of hydrogen-bond donors (Lipinski definition) is 0. The van der Waals surface area contributed by atoms with E-state index in [-0.39, 0.29) is 5.92 Å². The molecule has 0 fully saturated rings. The van der Waals surface area contributed by atoms with Gasteiger partial charge in [-0.1, -0.05) is 72.0 Å². The van der Waals surface area contributed by atoms with E-state index in [0.717, 1.165) is 16.8 Å². The number of rotatable bonds is 5. The molecule has 3 aromatic rings. The van der Waals surface area contributed by atoms with Crippen molar-refractivity contribution in [2.75, 3.05) is 0 Å². The van der Waals surface area contributed by atoms with Crippen LogP contribution in [0.15, 0.2) is 73.3 Å². The second-order valence-corrected chi connectivity index (χ2v) is 5.16. The van der Waals surface area contributed by atoms with Crippen molar-refractivity contribution in [3.63, 3.8) is 0 Å². The van der Waals surface area contributed by atoms with Gasteiger partial charge >= 0.3 is 0 Å². The minimum Gasteiger partial charge on any atom is -0.243 e. The molecule has 112 valence electrons. The van der Waals surface area contributed by atoms with Gasteiger partial charge in [0.25, 0.3) is 0 Å². The van der Waals surface area contributed by atoms with Gasteiger partial charge in [0.1, 0.15) is 6.07 Å². The highest BCUT2D eigenvalue weighted by Gasteiger charge is 2.25. The molecule has 0 saturated carbocycles. The van der Waals surface area contributed by atoms with Crippen LogP contribution < -0.4 is 0 Å². The van der Waals surface area contributed by atoms with Gasteiger partial charge in [-0.15, -0.1) is 11.7 Å². The van der Waals surface area contributed by atoms with Crippen molar-refractivity contribution in [3.8, 4) is 6.07 Å². The first-order chi connectivity index (χ1) is 11.3. The van der Waals surface area contributed by atoms with Crippen molar-refractivity contribution in [3.05, 3.63) is 95.8 Å². The lowest BCUT2D eigenvalue weighted by atomic mass is 9.87. The third-order valence-electron chi connectivity index (χ3n) is 3.72. The molecule has 23 heavy (non-hydrogen) atoms. The predicted octanol–water partition coefficient (Wildman–Crippen LogP) is 3.52. The largest absolute Gasteiger partial charge is 0.243 e. The van der Waals surface area contributed by atoms with E-state index in [1.165, 1.54) is 0 Å². The first-order valence-electron chi connectivity index (χ1n) is 7.39. The quantitative estimate of drug-likeness (QED) is 0.677. The molecule has 0 aliphatic heterocycles. The Balaban J connectivity index is 2.23. The van der Waals surface area contributed by atoms with Crippen LogP contribution in [0.3, 0.4) is 0 Å². The third kappa shape index (κ3) is 2.90. The summed E-state index contributed by atoms with van der Waals surface area (Å²) in [5, 5.41) is 17.6. The maximum Gasteiger partial charge on any atom is 0.186 e. The molecular weight excluding hydrogens is 284 g/mol. The molecule has 0 atom stereocenters. The zero-order valence-electron chi connectivity index (χ0n) is 12.6. The number of nitriles is 1. The Kier molecular flexibility index (Phi) is 4.30. The molecule has 0 radical (unpaired) electrons. The first kappa shape index (κ1) is 14.7. The Labute approximate surface area is 135 Å². The van der Waals surface area contributed by atoms with E-state index in [4.69, 9.17) is 0 Å². The van der Waals surface area contributed by atoms with Crippen molar-refractivity contribution in [1.82, 2.24) is 15.0 Å². The van der Waals surface area contributed by atoms with Crippen LogP contribution in [-0.2, 0) is 6.54 Å². The van der Waals surface area contributed by atoms with E-state index >= 15 is 0 Å². The van der Waals surface area contributed by atoms with Gasteiger partial charge in [0.2, 0.25) is 0 Å². The fraction of sp³-hybridized carbons (Fsp3) is 0.105. The van der Waals surface area contributed by atoms with Crippen molar-refractivity contribution in [2.24, 2.45) is 0 Å². The summed E-state index contributed by atoms with van der Waals surface area (Å²) < 4.78 is 1.75. The molecule has 1 aromatic heterocycles. The summed E-state index contributed by atoms with van der Waals surface area (Å²) in [7, 11) is 0. The molecule has 4 heteroatoms. The van der Waals surface area contributed by atoms with Crippen molar-refractivity contribution in [2.45, 2.75) is 12.5 Å². The van der Waals surface area contributed by atoms with Crippen LogP contribution in [0.1, 0.15) is 28.4 Å². The fourth-order valence-electron chi connectivity index (χ4n) is 2.74. The number of nitrogens with zero attached hydrogens (tertiary/aromatic N) is 4. The van der Waals surface area contributed by atoms with E-state index in [0.29, 0.717) is 12.2 Å². The molecule has 0 unspecified atom stereocenters. The molecule has 2 aromatic carbocycles. The Morgan fingerprint density at radius 3 is 2.09 bits per heavy atom. The predicted molar refractivity (Wildman–Crippen MR) is 88.8 cm³/mol. The molecule has 0 amide bonds. The zero-order chi connectivity index (χ0) is 16.1. The van der Waals surface area contributed by atoms with E-state index in [1.807, 2.05) is 36.4 Å². The molecule has 1 heterocycles. The molecule has 0 aliphatic rings. The molecule has 0 saturated heterocycles. The molecule has 0 aliphatic carbocycles. The average Bonchev–Trinajstić information content (AvgIpc) is 3.00. The molecule has 0 spiro atoms. The fourth-order valence-corrected chi connectivity index (χ4v) is 2.74. The van der Waals surface area contributed by atoms with Gasteiger partial charge in [0.15, 0.2) is 5.69 Å².